The number of halogens is 2. The van der Waals surface area contributed by atoms with Crippen LogP contribution in [0.4, 0.5) is 0 Å². The van der Waals surface area contributed by atoms with Gasteiger partial charge in [-0.1, -0.05) is 35.3 Å². The van der Waals surface area contributed by atoms with Crippen molar-refractivity contribution in [3.05, 3.63) is 57.6 Å². The fourth-order valence-corrected chi connectivity index (χ4v) is 2.76. The van der Waals surface area contributed by atoms with Crippen molar-refractivity contribution in [1.29, 1.82) is 0 Å². The van der Waals surface area contributed by atoms with Crippen LogP contribution in [0.15, 0.2) is 36.4 Å². The van der Waals surface area contributed by atoms with E-state index >= 15 is 0 Å². The van der Waals surface area contributed by atoms with Crippen molar-refractivity contribution >= 4 is 23.2 Å². The highest BCUT2D eigenvalue weighted by molar-refractivity contribution is 6.35. The van der Waals surface area contributed by atoms with E-state index in [0.29, 0.717) is 28.0 Å². The van der Waals surface area contributed by atoms with Crippen molar-refractivity contribution in [3.8, 4) is 11.5 Å². The maximum atomic E-state index is 6.34. The van der Waals surface area contributed by atoms with Gasteiger partial charge in [-0.15, -0.1) is 0 Å². The molecule has 3 nitrogen and oxygen atoms in total. The number of nitrogens with two attached hydrogens (primary N) is 1. The van der Waals surface area contributed by atoms with Gasteiger partial charge >= 0.3 is 0 Å². The van der Waals surface area contributed by atoms with Crippen LogP contribution in [0.3, 0.4) is 0 Å². The predicted molar refractivity (Wildman–Crippen MR) is 86.6 cm³/mol. The number of methoxy groups -OCH3 is 2. The SMILES string of the molecule is COc1cccc(OC)c1C(N)Cc1ccc(Cl)cc1Cl. The van der Waals surface area contributed by atoms with E-state index in [2.05, 4.69) is 0 Å². The number of ether oxygens (including phenoxy) is 2. The standard InChI is InChI=1S/C16H17Cl2NO2/c1-20-14-4-3-5-15(21-2)16(14)13(19)8-10-6-7-11(17)9-12(10)18/h3-7,9,13H,8,19H2,1-2H3. The van der Waals surface area contributed by atoms with E-state index in [1.54, 1.807) is 26.4 Å². The molecule has 2 aromatic rings. The molecule has 0 aromatic heterocycles. The van der Waals surface area contributed by atoms with Crippen LogP contribution in [-0.4, -0.2) is 14.2 Å². The highest BCUT2D eigenvalue weighted by atomic mass is 35.5. The Kier molecular flexibility index (Phi) is 5.34. The normalized spacial score (nSPS) is 12.0. The van der Waals surface area contributed by atoms with Crippen molar-refractivity contribution in [2.45, 2.75) is 12.5 Å². The van der Waals surface area contributed by atoms with E-state index in [1.165, 1.54) is 0 Å². The van der Waals surface area contributed by atoms with Gasteiger partial charge in [-0.3, -0.25) is 0 Å². The summed E-state index contributed by atoms with van der Waals surface area (Å²) in [6.45, 7) is 0. The third kappa shape index (κ3) is 3.62. The molecule has 2 N–H and O–H groups in total. The summed E-state index contributed by atoms with van der Waals surface area (Å²) in [6, 6.07) is 10.7. The minimum atomic E-state index is -0.297. The van der Waals surface area contributed by atoms with E-state index < -0.39 is 0 Å². The molecule has 0 amide bonds. The molecule has 0 spiro atoms. The maximum absolute atomic E-state index is 6.34. The summed E-state index contributed by atoms with van der Waals surface area (Å²) in [7, 11) is 3.22. The first-order valence-electron chi connectivity index (χ1n) is 6.47. The van der Waals surface area contributed by atoms with Crippen molar-refractivity contribution in [3.63, 3.8) is 0 Å². The number of benzene rings is 2. The maximum Gasteiger partial charge on any atom is 0.127 e. The van der Waals surface area contributed by atoms with Crippen LogP contribution in [-0.2, 0) is 6.42 Å². The minimum absolute atomic E-state index is 0.297. The molecule has 5 heteroatoms. The molecule has 0 radical (unpaired) electrons. The van der Waals surface area contributed by atoms with Gasteiger partial charge in [0.15, 0.2) is 0 Å². The quantitative estimate of drug-likeness (QED) is 0.893. The molecule has 0 bridgehead atoms. The van der Waals surface area contributed by atoms with Crippen LogP contribution in [0.1, 0.15) is 17.2 Å². The number of hydrogen-bond acceptors (Lipinski definition) is 3. The van der Waals surface area contributed by atoms with Crippen LogP contribution in [0.25, 0.3) is 0 Å². The first-order chi connectivity index (χ1) is 10.1. The van der Waals surface area contributed by atoms with Gasteiger partial charge in [-0.05, 0) is 36.2 Å². The first-order valence-corrected chi connectivity index (χ1v) is 7.22. The zero-order chi connectivity index (χ0) is 15.4. The summed E-state index contributed by atoms with van der Waals surface area (Å²) in [4.78, 5) is 0. The van der Waals surface area contributed by atoms with Gasteiger partial charge < -0.3 is 15.2 Å². The van der Waals surface area contributed by atoms with E-state index in [1.807, 2.05) is 24.3 Å². The Morgan fingerprint density at radius 3 is 2.19 bits per heavy atom. The third-order valence-corrected chi connectivity index (χ3v) is 3.88. The topological polar surface area (TPSA) is 44.5 Å². The van der Waals surface area contributed by atoms with Crippen LogP contribution < -0.4 is 15.2 Å². The summed E-state index contributed by atoms with van der Waals surface area (Å²) in [5.41, 5.74) is 8.09. The average molecular weight is 326 g/mol. The number of rotatable bonds is 5. The monoisotopic (exact) mass is 325 g/mol. The molecule has 0 aliphatic rings. The highest BCUT2D eigenvalue weighted by Crippen LogP contribution is 2.35. The lowest BCUT2D eigenvalue weighted by Gasteiger charge is -2.19. The summed E-state index contributed by atoms with van der Waals surface area (Å²) in [6.07, 6.45) is 0.562. The van der Waals surface area contributed by atoms with Crippen molar-refractivity contribution in [2.24, 2.45) is 5.73 Å². The van der Waals surface area contributed by atoms with Gasteiger partial charge in [0.05, 0.1) is 19.8 Å². The highest BCUT2D eigenvalue weighted by Gasteiger charge is 2.19. The first kappa shape index (κ1) is 16.0. The summed E-state index contributed by atoms with van der Waals surface area (Å²) in [5, 5.41) is 1.21. The largest absolute Gasteiger partial charge is 0.496 e. The van der Waals surface area contributed by atoms with Crippen LogP contribution in [0.2, 0.25) is 10.0 Å². The second kappa shape index (κ2) is 7.03. The van der Waals surface area contributed by atoms with Gasteiger partial charge in [0.2, 0.25) is 0 Å². The van der Waals surface area contributed by atoms with Gasteiger partial charge in [0.1, 0.15) is 11.5 Å². The predicted octanol–water partition coefficient (Wildman–Crippen LogP) is 4.25. The molecule has 0 heterocycles. The molecular formula is C16H17Cl2NO2. The van der Waals surface area contributed by atoms with Crippen molar-refractivity contribution in [2.75, 3.05) is 14.2 Å². The fourth-order valence-electron chi connectivity index (χ4n) is 2.27. The molecule has 0 aliphatic carbocycles. The van der Waals surface area contributed by atoms with Gasteiger partial charge in [0, 0.05) is 16.1 Å². The Balaban J connectivity index is 2.33. The Bertz CT molecular complexity index is 609. The summed E-state index contributed by atoms with van der Waals surface area (Å²) < 4.78 is 10.8. The molecule has 0 saturated heterocycles. The molecule has 0 aliphatic heterocycles. The van der Waals surface area contributed by atoms with E-state index in [0.717, 1.165) is 11.1 Å². The molecule has 1 atom stereocenters. The molecule has 112 valence electrons. The fraction of sp³-hybridized carbons (Fsp3) is 0.250. The lowest BCUT2D eigenvalue weighted by molar-refractivity contribution is 0.379. The Morgan fingerprint density at radius 2 is 1.67 bits per heavy atom. The second-order valence-corrected chi connectivity index (χ2v) is 5.47. The van der Waals surface area contributed by atoms with E-state index in [9.17, 15) is 0 Å². The van der Waals surface area contributed by atoms with Crippen LogP contribution in [0.5, 0.6) is 11.5 Å². The molecule has 1 unspecified atom stereocenters. The second-order valence-electron chi connectivity index (χ2n) is 4.62. The van der Waals surface area contributed by atoms with Gasteiger partial charge in [0.25, 0.3) is 0 Å². The lowest BCUT2D eigenvalue weighted by atomic mass is 9.98. The minimum Gasteiger partial charge on any atom is -0.496 e. The lowest BCUT2D eigenvalue weighted by Crippen LogP contribution is -2.16. The molecule has 0 fully saturated rings. The van der Waals surface area contributed by atoms with Crippen LogP contribution in [0, 0.1) is 0 Å². The third-order valence-electron chi connectivity index (χ3n) is 3.29. The summed E-state index contributed by atoms with van der Waals surface area (Å²) in [5.74, 6) is 1.40. The van der Waals surface area contributed by atoms with E-state index in [-0.39, 0.29) is 6.04 Å². The zero-order valence-corrected chi connectivity index (χ0v) is 13.4. The Hall–Kier alpha value is -1.42. The molecule has 0 saturated carbocycles. The smallest absolute Gasteiger partial charge is 0.127 e. The zero-order valence-electron chi connectivity index (χ0n) is 11.9. The van der Waals surface area contributed by atoms with Crippen molar-refractivity contribution in [1.82, 2.24) is 0 Å². The van der Waals surface area contributed by atoms with Crippen molar-refractivity contribution < 1.29 is 9.47 Å². The van der Waals surface area contributed by atoms with Gasteiger partial charge in [-0.2, -0.15) is 0 Å². The van der Waals surface area contributed by atoms with Crippen LogP contribution >= 0.6 is 23.2 Å². The molecule has 2 aromatic carbocycles. The van der Waals surface area contributed by atoms with Gasteiger partial charge in [-0.25, -0.2) is 0 Å². The Morgan fingerprint density at radius 1 is 1.05 bits per heavy atom. The Labute approximate surface area is 134 Å². The molecular weight excluding hydrogens is 309 g/mol. The summed E-state index contributed by atoms with van der Waals surface area (Å²) >= 11 is 12.1. The number of hydrogen-bond donors (Lipinski definition) is 1. The molecule has 21 heavy (non-hydrogen) atoms. The van der Waals surface area contributed by atoms with E-state index in [4.69, 9.17) is 38.4 Å². The average Bonchev–Trinajstić information content (AvgIpc) is 2.49. The molecule has 2 rings (SSSR count).